The number of hydrogen-bond donors (Lipinski definition) is 1. The van der Waals surface area contributed by atoms with Gasteiger partial charge in [0.1, 0.15) is 9.84 Å². The lowest BCUT2D eigenvalue weighted by Gasteiger charge is -2.46. The number of rotatable bonds is 8. The van der Waals surface area contributed by atoms with Crippen LogP contribution in [0.25, 0.3) is 0 Å². The standard InChI is InChI=1S/C14H30N2O3S/c1-5-15-13(7-6-12-20(4,17)18)14(2,3)16-8-10-19-11-9-16/h13,15H,5-12H2,1-4H3. The zero-order valence-electron chi connectivity index (χ0n) is 13.3. The summed E-state index contributed by atoms with van der Waals surface area (Å²) in [6.07, 6.45) is 2.90. The molecule has 0 radical (unpaired) electrons. The second-order valence-electron chi connectivity index (χ2n) is 6.14. The molecule has 0 aromatic heterocycles. The fourth-order valence-corrected chi connectivity index (χ4v) is 3.55. The van der Waals surface area contributed by atoms with Crippen LogP contribution in [0.4, 0.5) is 0 Å². The van der Waals surface area contributed by atoms with Crippen molar-refractivity contribution in [1.29, 1.82) is 0 Å². The molecule has 1 N–H and O–H groups in total. The van der Waals surface area contributed by atoms with Crippen LogP contribution in [0.3, 0.4) is 0 Å². The molecule has 1 fully saturated rings. The Balaban J connectivity index is 2.62. The normalized spacial score (nSPS) is 20.0. The molecule has 1 heterocycles. The highest BCUT2D eigenvalue weighted by Gasteiger charge is 2.35. The van der Waals surface area contributed by atoms with Crippen LogP contribution < -0.4 is 5.32 Å². The molecule has 0 saturated carbocycles. The molecule has 0 aliphatic carbocycles. The number of likely N-dealkylation sites (N-methyl/N-ethyl adjacent to an activating group) is 1. The topological polar surface area (TPSA) is 58.6 Å². The van der Waals surface area contributed by atoms with E-state index in [9.17, 15) is 8.42 Å². The second-order valence-corrected chi connectivity index (χ2v) is 8.40. The molecule has 1 atom stereocenters. The van der Waals surface area contributed by atoms with Crippen LogP contribution in [0.15, 0.2) is 0 Å². The van der Waals surface area contributed by atoms with Gasteiger partial charge < -0.3 is 10.1 Å². The third kappa shape index (κ3) is 5.68. The zero-order valence-corrected chi connectivity index (χ0v) is 14.1. The van der Waals surface area contributed by atoms with Crippen molar-refractivity contribution in [3.8, 4) is 0 Å². The highest BCUT2D eigenvalue weighted by Crippen LogP contribution is 2.23. The van der Waals surface area contributed by atoms with Crippen LogP contribution in [0.5, 0.6) is 0 Å². The number of nitrogens with zero attached hydrogens (tertiary/aromatic N) is 1. The largest absolute Gasteiger partial charge is 0.379 e. The van der Waals surface area contributed by atoms with Gasteiger partial charge in [0.2, 0.25) is 0 Å². The lowest BCUT2D eigenvalue weighted by Crippen LogP contribution is -2.60. The molecule has 5 nitrogen and oxygen atoms in total. The van der Waals surface area contributed by atoms with Crippen molar-refractivity contribution in [2.45, 2.75) is 45.2 Å². The van der Waals surface area contributed by atoms with Gasteiger partial charge in [-0.1, -0.05) is 6.92 Å². The minimum Gasteiger partial charge on any atom is -0.379 e. The Bertz CT molecular complexity index is 376. The second kappa shape index (κ2) is 7.73. The van der Waals surface area contributed by atoms with Crippen LogP contribution in [-0.2, 0) is 14.6 Å². The number of morpholine rings is 1. The van der Waals surface area contributed by atoms with Crippen LogP contribution >= 0.6 is 0 Å². The number of ether oxygens (including phenoxy) is 1. The van der Waals surface area contributed by atoms with E-state index in [1.807, 2.05) is 0 Å². The average molecular weight is 306 g/mol. The Labute approximate surface area is 124 Å². The molecule has 1 aliphatic rings. The molecular formula is C14H30N2O3S. The smallest absolute Gasteiger partial charge is 0.147 e. The molecule has 20 heavy (non-hydrogen) atoms. The van der Waals surface area contributed by atoms with Crippen molar-refractivity contribution >= 4 is 9.84 Å². The number of hydrogen-bond acceptors (Lipinski definition) is 5. The Morgan fingerprint density at radius 2 is 1.90 bits per heavy atom. The van der Waals surface area contributed by atoms with Gasteiger partial charge in [-0.2, -0.15) is 0 Å². The van der Waals surface area contributed by atoms with Gasteiger partial charge >= 0.3 is 0 Å². The summed E-state index contributed by atoms with van der Waals surface area (Å²) in [5.74, 6) is 0.272. The molecule has 1 rings (SSSR count). The van der Waals surface area contributed by atoms with E-state index in [0.717, 1.165) is 39.3 Å². The SMILES string of the molecule is CCNC(CCCS(C)(=O)=O)C(C)(C)N1CCOCC1. The first-order valence-electron chi connectivity index (χ1n) is 7.51. The van der Waals surface area contributed by atoms with Crippen LogP contribution in [0.1, 0.15) is 33.6 Å². The predicted molar refractivity (Wildman–Crippen MR) is 82.9 cm³/mol. The first-order valence-corrected chi connectivity index (χ1v) is 9.57. The summed E-state index contributed by atoms with van der Waals surface area (Å²) in [6.45, 7) is 10.9. The molecule has 6 heteroatoms. The summed E-state index contributed by atoms with van der Waals surface area (Å²) in [5.41, 5.74) is 0.0112. The first-order chi connectivity index (χ1) is 9.27. The zero-order chi connectivity index (χ0) is 15.2. The van der Waals surface area contributed by atoms with Gasteiger partial charge in [0, 0.05) is 36.7 Å². The van der Waals surface area contributed by atoms with Gasteiger partial charge in [0.15, 0.2) is 0 Å². The maximum absolute atomic E-state index is 11.3. The third-order valence-electron chi connectivity index (χ3n) is 4.14. The van der Waals surface area contributed by atoms with E-state index in [-0.39, 0.29) is 11.3 Å². The maximum Gasteiger partial charge on any atom is 0.147 e. The Kier molecular flexibility index (Phi) is 6.91. The quantitative estimate of drug-likeness (QED) is 0.722. The molecule has 0 spiro atoms. The van der Waals surface area contributed by atoms with E-state index in [1.54, 1.807) is 0 Å². The number of nitrogens with one attached hydrogen (secondary N) is 1. The monoisotopic (exact) mass is 306 g/mol. The molecule has 1 unspecified atom stereocenters. The molecule has 0 bridgehead atoms. The molecule has 0 aromatic carbocycles. The molecule has 1 aliphatic heterocycles. The van der Waals surface area contributed by atoms with Gasteiger partial charge in [-0.05, 0) is 33.2 Å². The molecular weight excluding hydrogens is 276 g/mol. The predicted octanol–water partition coefficient (Wildman–Crippen LogP) is 0.900. The van der Waals surface area contributed by atoms with E-state index < -0.39 is 9.84 Å². The van der Waals surface area contributed by atoms with Crippen molar-refractivity contribution < 1.29 is 13.2 Å². The summed E-state index contributed by atoms with van der Waals surface area (Å²) >= 11 is 0. The minimum atomic E-state index is -2.87. The third-order valence-corrected chi connectivity index (χ3v) is 5.17. The van der Waals surface area contributed by atoms with E-state index in [1.165, 1.54) is 6.26 Å². The van der Waals surface area contributed by atoms with E-state index >= 15 is 0 Å². The van der Waals surface area contributed by atoms with Gasteiger partial charge in [0.25, 0.3) is 0 Å². The number of sulfone groups is 1. The average Bonchev–Trinajstić information content (AvgIpc) is 2.37. The molecule has 1 saturated heterocycles. The highest BCUT2D eigenvalue weighted by molar-refractivity contribution is 7.90. The minimum absolute atomic E-state index is 0.0112. The fraction of sp³-hybridized carbons (Fsp3) is 1.00. The Morgan fingerprint density at radius 1 is 1.30 bits per heavy atom. The van der Waals surface area contributed by atoms with Gasteiger partial charge in [-0.25, -0.2) is 8.42 Å². The van der Waals surface area contributed by atoms with Crippen molar-refractivity contribution in [3.05, 3.63) is 0 Å². The van der Waals surface area contributed by atoms with Gasteiger partial charge in [-0.15, -0.1) is 0 Å². The molecule has 0 amide bonds. The van der Waals surface area contributed by atoms with Crippen molar-refractivity contribution in [2.24, 2.45) is 0 Å². The maximum atomic E-state index is 11.3. The lowest BCUT2D eigenvalue weighted by molar-refractivity contribution is -0.0242. The summed E-state index contributed by atoms with van der Waals surface area (Å²) in [7, 11) is -2.87. The fourth-order valence-electron chi connectivity index (χ4n) is 2.86. The Morgan fingerprint density at radius 3 is 2.40 bits per heavy atom. The highest BCUT2D eigenvalue weighted by atomic mass is 32.2. The van der Waals surface area contributed by atoms with Crippen LogP contribution in [0, 0.1) is 0 Å². The summed E-state index contributed by atoms with van der Waals surface area (Å²) in [4.78, 5) is 2.45. The van der Waals surface area contributed by atoms with Crippen molar-refractivity contribution in [1.82, 2.24) is 10.2 Å². The van der Waals surface area contributed by atoms with E-state index in [2.05, 4.69) is 31.0 Å². The lowest BCUT2D eigenvalue weighted by atomic mass is 9.88. The molecule has 120 valence electrons. The van der Waals surface area contributed by atoms with E-state index in [4.69, 9.17) is 4.74 Å². The van der Waals surface area contributed by atoms with Gasteiger partial charge in [-0.3, -0.25) is 4.90 Å². The summed E-state index contributed by atoms with van der Waals surface area (Å²) in [6, 6.07) is 0.298. The summed E-state index contributed by atoms with van der Waals surface area (Å²) < 4.78 is 28.0. The van der Waals surface area contributed by atoms with Crippen LogP contribution in [-0.4, -0.2) is 69.8 Å². The first kappa shape index (κ1) is 17.9. The van der Waals surface area contributed by atoms with E-state index in [0.29, 0.717) is 12.5 Å². The van der Waals surface area contributed by atoms with Crippen molar-refractivity contribution in [3.63, 3.8) is 0 Å². The Hall–Kier alpha value is -0.170. The van der Waals surface area contributed by atoms with Crippen LogP contribution in [0.2, 0.25) is 0 Å². The van der Waals surface area contributed by atoms with Gasteiger partial charge in [0.05, 0.1) is 13.2 Å². The molecule has 0 aromatic rings. The van der Waals surface area contributed by atoms with Crippen molar-refractivity contribution in [2.75, 3.05) is 44.9 Å². The summed E-state index contributed by atoms with van der Waals surface area (Å²) in [5, 5.41) is 3.53.